The summed E-state index contributed by atoms with van der Waals surface area (Å²) >= 11 is 1.60. The number of nitrogens with one attached hydrogen (secondary N) is 2. The first kappa shape index (κ1) is 16.8. The van der Waals surface area contributed by atoms with Crippen LogP contribution < -0.4 is 15.4 Å². The molecule has 3 rings (SSSR count). The molecule has 1 saturated carbocycles. The summed E-state index contributed by atoms with van der Waals surface area (Å²) in [4.78, 5) is 13.9. The maximum absolute atomic E-state index is 12.9. The van der Waals surface area contributed by atoms with Crippen molar-refractivity contribution in [3.05, 3.63) is 46.7 Å². The summed E-state index contributed by atoms with van der Waals surface area (Å²) < 4.78 is 5.27. The number of carbonyl (C=O) groups is 1. The second-order valence-electron chi connectivity index (χ2n) is 6.17. The zero-order chi connectivity index (χ0) is 16.8. The van der Waals surface area contributed by atoms with Gasteiger partial charge in [-0.2, -0.15) is 0 Å². The molecule has 1 amide bonds. The molecule has 0 radical (unpaired) electrons. The molecule has 1 aliphatic carbocycles. The number of ether oxygens (including phenoxy) is 1. The molecule has 4 nitrogen and oxygen atoms in total. The van der Waals surface area contributed by atoms with Crippen molar-refractivity contribution in [2.24, 2.45) is 0 Å². The molecule has 24 heavy (non-hydrogen) atoms. The van der Waals surface area contributed by atoms with E-state index >= 15 is 0 Å². The SMILES string of the molecule is COc1cccc(NC(C(=O)NC2CCCCC2)c2cccs2)c1. The highest BCUT2D eigenvalue weighted by Gasteiger charge is 2.25. The van der Waals surface area contributed by atoms with Gasteiger partial charge in [-0.3, -0.25) is 4.79 Å². The summed E-state index contributed by atoms with van der Waals surface area (Å²) in [6.45, 7) is 0. The molecule has 0 bridgehead atoms. The van der Waals surface area contributed by atoms with E-state index in [1.165, 1.54) is 19.3 Å². The minimum absolute atomic E-state index is 0.0483. The van der Waals surface area contributed by atoms with Crippen molar-refractivity contribution in [1.82, 2.24) is 5.32 Å². The molecule has 128 valence electrons. The van der Waals surface area contributed by atoms with Crippen LogP contribution in [0.15, 0.2) is 41.8 Å². The number of hydrogen-bond acceptors (Lipinski definition) is 4. The third-order valence-corrected chi connectivity index (χ3v) is 5.36. The number of amides is 1. The molecule has 1 unspecified atom stereocenters. The summed E-state index contributed by atoms with van der Waals surface area (Å²) in [5.74, 6) is 0.824. The van der Waals surface area contributed by atoms with Crippen molar-refractivity contribution in [3.63, 3.8) is 0 Å². The Hall–Kier alpha value is -2.01. The molecular formula is C19H24N2O2S. The number of hydrogen-bond donors (Lipinski definition) is 2. The van der Waals surface area contributed by atoms with E-state index in [4.69, 9.17) is 4.74 Å². The van der Waals surface area contributed by atoms with E-state index in [1.807, 2.05) is 41.8 Å². The molecule has 0 aliphatic heterocycles. The zero-order valence-corrected chi connectivity index (χ0v) is 14.8. The lowest BCUT2D eigenvalue weighted by molar-refractivity contribution is -0.122. The summed E-state index contributed by atoms with van der Waals surface area (Å²) in [6, 6.07) is 11.6. The van der Waals surface area contributed by atoms with Gasteiger partial charge in [0.2, 0.25) is 5.91 Å². The molecule has 1 aromatic heterocycles. The average Bonchev–Trinajstić information content (AvgIpc) is 3.15. The molecule has 0 spiro atoms. The normalized spacial score (nSPS) is 16.4. The smallest absolute Gasteiger partial charge is 0.248 e. The summed E-state index contributed by atoms with van der Waals surface area (Å²) in [5.41, 5.74) is 0.881. The first-order valence-corrected chi connectivity index (χ1v) is 9.38. The molecule has 2 aromatic rings. The highest BCUT2D eigenvalue weighted by atomic mass is 32.1. The summed E-state index contributed by atoms with van der Waals surface area (Å²) in [6.07, 6.45) is 5.86. The summed E-state index contributed by atoms with van der Waals surface area (Å²) in [5, 5.41) is 8.60. The maximum atomic E-state index is 12.9. The van der Waals surface area contributed by atoms with Gasteiger partial charge in [0.05, 0.1) is 7.11 Å². The van der Waals surface area contributed by atoms with Crippen molar-refractivity contribution in [2.45, 2.75) is 44.2 Å². The fourth-order valence-corrected chi connectivity index (χ4v) is 3.91. The van der Waals surface area contributed by atoms with Gasteiger partial charge < -0.3 is 15.4 Å². The van der Waals surface area contributed by atoms with Gasteiger partial charge in [-0.25, -0.2) is 0 Å². The highest BCUT2D eigenvalue weighted by Crippen LogP contribution is 2.27. The Labute approximate surface area is 147 Å². The number of rotatable bonds is 6. The first-order valence-electron chi connectivity index (χ1n) is 8.50. The largest absolute Gasteiger partial charge is 0.497 e. The second kappa shape index (κ2) is 8.20. The Morgan fingerprint density at radius 1 is 1.21 bits per heavy atom. The maximum Gasteiger partial charge on any atom is 0.248 e. The molecule has 1 aromatic carbocycles. The predicted octanol–water partition coefficient (Wildman–Crippen LogP) is 4.36. The lowest BCUT2D eigenvalue weighted by atomic mass is 9.95. The zero-order valence-electron chi connectivity index (χ0n) is 14.0. The Bertz CT molecular complexity index is 651. The van der Waals surface area contributed by atoms with Crippen LogP contribution in [0.2, 0.25) is 0 Å². The van der Waals surface area contributed by atoms with Crippen LogP contribution in [-0.2, 0) is 4.79 Å². The van der Waals surface area contributed by atoms with E-state index in [2.05, 4.69) is 10.6 Å². The number of carbonyl (C=O) groups excluding carboxylic acids is 1. The second-order valence-corrected chi connectivity index (χ2v) is 7.15. The third-order valence-electron chi connectivity index (χ3n) is 4.42. The molecule has 2 N–H and O–H groups in total. The van der Waals surface area contributed by atoms with E-state index < -0.39 is 0 Å². The van der Waals surface area contributed by atoms with Crippen LogP contribution in [0.4, 0.5) is 5.69 Å². The predicted molar refractivity (Wildman–Crippen MR) is 98.7 cm³/mol. The monoisotopic (exact) mass is 344 g/mol. The van der Waals surface area contributed by atoms with Crippen molar-refractivity contribution in [3.8, 4) is 5.75 Å². The number of thiophene rings is 1. The Balaban J connectivity index is 1.74. The van der Waals surface area contributed by atoms with E-state index in [1.54, 1.807) is 18.4 Å². The van der Waals surface area contributed by atoms with Crippen molar-refractivity contribution < 1.29 is 9.53 Å². The van der Waals surface area contributed by atoms with Crippen molar-refractivity contribution in [2.75, 3.05) is 12.4 Å². The highest BCUT2D eigenvalue weighted by molar-refractivity contribution is 7.10. The third kappa shape index (κ3) is 4.29. The number of benzene rings is 1. The fraction of sp³-hybridized carbons (Fsp3) is 0.421. The standard InChI is InChI=1S/C19H24N2O2S/c1-23-16-10-5-9-15(13-16)20-18(17-11-6-12-24-17)19(22)21-14-7-3-2-4-8-14/h5-6,9-14,18,20H,2-4,7-8H2,1H3,(H,21,22). The molecule has 1 fully saturated rings. The number of methoxy groups -OCH3 is 1. The van der Waals surface area contributed by atoms with Crippen LogP contribution in [0, 0.1) is 0 Å². The molecule has 1 heterocycles. The quantitative estimate of drug-likeness (QED) is 0.819. The minimum Gasteiger partial charge on any atom is -0.497 e. The van der Waals surface area contributed by atoms with E-state index in [0.717, 1.165) is 29.2 Å². The first-order chi connectivity index (χ1) is 11.8. The molecule has 0 saturated heterocycles. The molecular weight excluding hydrogens is 320 g/mol. The molecule has 1 aliphatic rings. The van der Waals surface area contributed by atoms with Gasteiger partial charge in [0.25, 0.3) is 0 Å². The minimum atomic E-state index is -0.376. The van der Waals surface area contributed by atoms with Gasteiger partial charge >= 0.3 is 0 Å². The van der Waals surface area contributed by atoms with Crippen LogP contribution >= 0.6 is 11.3 Å². The van der Waals surface area contributed by atoms with Crippen LogP contribution in [0.5, 0.6) is 5.75 Å². The lowest BCUT2D eigenvalue weighted by Crippen LogP contribution is -2.41. The van der Waals surface area contributed by atoms with Gasteiger partial charge in [-0.15, -0.1) is 11.3 Å². The van der Waals surface area contributed by atoms with E-state index in [-0.39, 0.29) is 11.9 Å². The molecule has 1 atom stereocenters. The van der Waals surface area contributed by atoms with Crippen LogP contribution in [0.1, 0.15) is 43.0 Å². The van der Waals surface area contributed by atoms with Crippen molar-refractivity contribution in [1.29, 1.82) is 0 Å². The van der Waals surface area contributed by atoms with Gasteiger partial charge in [-0.1, -0.05) is 31.4 Å². The van der Waals surface area contributed by atoms with Gasteiger partial charge in [0.15, 0.2) is 0 Å². The molecule has 5 heteroatoms. The Morgan fingerprint density at radius 3 is 2.75 bits per heavy atom. The fourth-order valence-electron chi connectivity index (χ4n) is 3.13. The van der Waals surface area contributed by atoms with Crippen molar-refractivity contribution >= 4 is 22.9 Å². The number of anilines is 1. The van der Waals surface area contributed by atoms with Gasteiger partial charge in [-0.05, 0) is 36.4 Å². The Kier molecular flexibility index (Phi) is 5.75. The van der Waals surface area contributed by atoms with Crippen LogP contribution in [0.3, 0.4) is 0 Å². The topological polar surface area (TPSA) is 50.4 Å². The summed E-state index contributed by atoms with van der Waals surface area (Å²) in [7, 11) is 1.64. The average molecular weight is 344 g/mol. The lowest BCUT2D eigenvalue weighted by Gasteiger charge is -2.26. The van der Waals surface area contributed by atoms with E-state index in [9.17, 15) is 4.79 Å². The van der Waals surface area contributed by atoms with Crippen LogP contribution in [-0.4, -0.2) is 19.1 Å². The van der Waals surface area contributed by atoms with Gasteiger partial charge in [0.1, 0.15) is 11.8 Å². The van der Waals surface area contributed by atoms with Crippen LogP contribution in [0.25, 0.3) is 0 Å². The van der Waals surface area contributed by atoms with E-state index in [0.29, 0.717) is 6.04 Å². The Morgan fingerprint density at radius 2 is 2.04 bits per heavy atom. The van der Waals surface area contributed by atoms with Gasteiger partial charge in [0, 0.05) is 22.7 Å².